The smallest absolute Gasteiger partial charge is 0.253 e. The molecular formula is C21H27N5O2S. The number of thiophene rings is 1. The lowest BCUT2D eigenvalue weighted by molar-refractivity contribution is 0.0932. The van der Waals surface area contributed by atoms with E-state index in [1.54, 1.807) is 17.5 Å². The number of hydrogen-bond acceptors (Lipinski definition) is 6. The number of fused-ring (bicyclic) bond motifs is 1. The molecule has 4 rings (SSSR count). The van der Waals surface area contributed by atoms with E-state index in [1.165, 1.54) is 16.0 Å². The zero-order chi connectivity index (χ0) is 20.5. The maximum Gasteiger partial charge on any atom is 0.253 e. The van der Waals surface area contributed by atoms with E-state index in [4.69, 9.17) is 4.52 Å². The van der Waals surface area contributed by atoms with Gasteiger partial charge in [-0.1, -0.05) is 12.1 Å². The molecule has 154 valence electrons. The molecule has 2 N–H and O–H groups in total. The number of amides is 1. The highest BCUT2D eigenvalue weighted by molar-refractivity contribution is 7.10. The molecule has 0 unspecified atom stereocenters. The summed E-state index contributed by atoms with van der Waals surface area (Å²) in [7, 11) is 0. The number of H-pyrrole nitrogens is 1. The van der Waals surface area contributed by atoms with Gasteiger partial charge in [-0.15, -0.1) is 11.3 Å². The van der Waals surface area contributed by atoms with E-state index in [9.17, 15) is 4.79 Å². The van der Waals surface area contributed by atoms with Gasteiger partial charge in [0.1, 0.15) is 11.6 Å². The molecule has 1 aliphatic rings. The number of aryl methyl sites for hydroxylation is 3. The lowest BCUT2D eigenvalue weighted by Crippen LogP contribution is -2.32. The maximum atomic E-state index is 13.0. The first kappa shape index (κ1) is 19.8. The quantitative estimate of drug-likeness (QED) is 0.641. The average Bonchev–Trinajstić information content (AvgIpc) is 3.41. The minimum atomic E-state index is -0.105. The second kappa shape index (κ2) is 8.12. The molecule has 4 heterocycles. The molecule has 0 spiro atoms. The molecule has 8 heteroatoms. The van der Waals surface area contributed by atoms with Crippen molar-refractivity contribution in [2.75, 3.05) is 6.54 Å². The average molecular weight is 414 g/mol. The van der Waals surface area contributed by atoms with E-state index in [1.807, 2.05) is 26.2 Å². The molecule has 0 bridgehead atoms. The molecule has 0 aromatic carbocycles. The van der Waals surface area contributed by atoms with Gasteiger partial charge in [0.2, 0.25) is 0 Å². The van der Waals surface area contributed by atoms with Gasteiger partial charge in [-0.05, 0) is 39.2 Å². The van der Waals surface area contributed by atoms with E-state index in [2.05, 4.69) is 32.3 Å². The number of rotatable bonds is 6. The molecule has 0 saturated heterocycles. The van der Waals surface area contributed by atoms with Crippen LogP contribution in [0.15, 0.2) is 16.1 Å². The van der Waals surface area contributed by atoms with Crippen LogP contribution in [0.3, 0.4) is 0 Å². The number of carbonyl (C=O) groups is 1. The van der Waals surface area contributed by atoms with E-state index in [-0.39, 0.29) is 11.9 Å². The molecule has 0 radical (unpaired) electrons. The van der Waals surface area contributed by atoms with E-state index in [0.717, 1.165) is 61.0 Å². The van der Waals surface area contributed by atoms with Crippen LogP contribution in [0.25, 0.3) is 0 Å². The lowest BCUT2D eigenvalue weighted by atomic mass is 10.0. The third-order valence-corrected chi connectivity index (χ3v) is 6.61. The van der Waals surface area contributed by atoms with Crippen LogP contribution < -0.4 is 5.32 Å². The Labute approximate surface area is 174 Å². The monoisotopic (exact) mass is 413 g/mol. The minimum absolute atomic E-state index is 0.0115. The Hall–Kier alpha value is -2.45. The number of hydrogen-bond donors (Lipinski definition) is 2. The fraction of sp³-hybridized carbons (Fsp3) is 0.476. The first-order valence-electron chi connectivity index (χ1n) is 10.0. The van der Waals surface area contributed by atoms with Gasteiger partial charge in [0, 0.05) is 47.3 Å². The van der Waals surface area contributed by atoms with Crippen molar-refractivity contribution in [3.05, 3.63) is 56.1 Å². The first-order chi connectivity index (χ1) is 14.0. The summed E-state index contributed by atoms with van der Waals surface area (Å²) in [5.74, 6) is 1.69. The summed E-state index contributed by atoms with van der Waals surface area (Å²) in [4.78, 5) is 24.3. The molecule has 0 saturated carbocycles. The number of aromatic nitrogens is 3. The third kappa shape index (κ3) is 4.00. The van der Waals surface area contributed by atoms with Crippen LogP contribution in [-0.2, 0) is 19.5 Å². The molecule has 3 aromatic rings. The molecule has 1 aliphatic heterocycles. The van der Waals surface area contributed by atoms with E-state index >= 15 is 0 Å². The summed E-state index contributed by atoms with van der Waals surface area (Å²) in [6, 6.07) is -0.105. The summed E-state index contributed by atoms with van der Waals surface area (Å²) in [6.45, 7) is 10.6. The molecule has 29 heavy (non-hydrogen) atoms. The Morgan fingerprint density at radius 1 is 1.41 bits per heavy atom. The maximum absolute atomic E-state index is 13.0. The molecule has 0 aliphatic carbocycles. The molecule has 1 amide bonds. The summed E-state index contributed by atoms with van der Waals surface area (Å²) >= 11 is 1.67. The number of nitrogens with zero attached hydrogens (tertiary/aromatic N) is 3. The Balaban J connectivity index is 1.45. The van der Waals surface area contributed by atoms with Gasteiger partial charge >= 0.3 is 0 Å². The number of carbonyl (C=O) groups excluding carboxylic acids is 1. The SMILES string of the molecule is CC[C@H](NC(=O)c1csc2c1CCN(Cc1c(C)noc1C)C2)c1ncc(C)[nH]1. The zero-order valence-electron chi connectivity index (χ0n) is 17.3. The van der Waals surface area contributed by atoms with Crippen molar-refractivity contribution in [3.63, 3.8) is 0 Å². The Morgan fingerprint density at radius 2 is 2.24 bits per heavy atom. The highest BCUT2D eigenvalue weighted by Gasteiger charge is 2.26. The zero-order valence-corrected chi connectivity index (χ0v) is 18.2. The van der Waals surface area contributed by atoms with Crippen LogP contribution in [0.1, 0.15) is 68.7 Å². The van der Waals surface area contributed by atoms with Crippen LogP contribution in [0.5, 0.6) is 0 Å². The van der Waals surface area contributed by atoms with Crippen molar-refractivity contribution < 1.29 is 9.32 Å². The fourth-order valence-corrected chi connectivity index (χ4v) is 4.99. The highest BCUT2D eigenvalue weighted by Crippen LogP contribution is 2.30. The first-order valence-corrected chi connectivity index (χ1v) is 10.9. The summed E-state index contributed by atoms with van der Waals surface area (Å²) in [5.41, 5.74) is 5.12. The predicted octanol–water partition coefficient (Wildman–Crippen LogP) is 3.82. The third-order valence-electron chi connectivity index (χ3n) is 5.60. The summed E-state index contributed by atoms with van der Waals surface area (Å²) < 4.78 is 5.29. The Bertz CT molecular complexity index is 999. The van der Waals surface area contributed by atoms with E-state index in [0.29, 0.717) is 0 Å². The van der Waals surface area contributed by atoms with Gasteiger partial charge in [0.05, 0.1) is 17.3 Å². The van der Waals surface area contributed by atoms with Crippen molar-refractivity contribution in [2.24, 2.45) is 0 Å². The van der Waals surface area contributed by atoms with Crippen LogP contribution in [0, 0.1) is 20.8 Å². The normalized spacial score (nSPS) is 15.3. The van der Waals surface area contributed by atoms with Crippen LogP contribution >= 0.6 is 11.3 Å². The van der Waals surface area contributed by atoms with E-state index < -0.39 is 0 Å². The van der Waals surface area contributed by atoms with Gasteiger partial charge in [0.25, 0.3) is 5.91 Å². The van der Waals surface area contributed by atoms with Crippen molar-refractivity contribution >= 4 is 17.2 Å². The number of imidazole rings is 1. The minimum Gasteiger partial charge on any atom is -0.361 e. The van der Waals surface area contributed by atoms with Crippen LogP contribution in [0.4, 0.5) is 0 Å². The standard InChI is InChI=1S/C21H27N5O2S/c1-5-18(20-22-8-12(2)23-20)24-21(27)17-11-29-19-10-26(7-6-15(17)19)9-16-13(3)25-28-14(16)4/h8,11,18H,5-7,9-10H2,1-4H3,(H,22,23)(H,24,27)/t18-/m0/s1. The highest BCUT2D eigenvalue weighted by atomic mass is 32.1. The molecular weight excluding hydrogens is 386 g/mol. The van der Waals surface area contributed by atoms with Crippen LogP contribution in [0.2, 0.25) is 0 Å². The molecule has 7 nitrogen and oxygen atoms in total. The second-order valence-electron chi connectivity index (χ2n) is 7.70. The number of nitrogens with one attached hydrogen (secondary N) is 2. The van der Waals surface area contributed by atoms with Crippen molar-refractivity contribution in [2.45, 2.75) is 59.7 Å². The van der Waals surface area contributed by atoms with Gasteiger partial charge in [-0.25, -0.2) is 4.98 Å². The van der Waals surface area contributed by atoms with Gasteiger partial charge < -0.3 is 14.8 Å². The lowest BCUT2D eigenvalue weighted by Gasteiger charge is -2.27. The molecule has 3 aromatic heterocycles. The predicted molar refractivity (Wildman–Crippen MR) is 112 cm³/mol. The second-order valence-corrected chi connectivity index (χ2v) is 8.66. The van der Waals surface area contributed by atoms with Crippen LogP contribution in [-0.4, -0.2) is 32.5 Å². The van der Waals surface area contributed by atoms with Gasteiger partial charge in [0.15, 0.2) is 0 Å². The Morgan fingerprint density at radius 3 is 2.90 bits per heavy atom. The summed E-state index contributed by atoms with van der Waals surface area (Å²) in [5, 5.41) is 9.21. The fourth-order valence-electron chi connectivity index (χ4n) is 3.87. The molecule has 0 fully saturated rings. The van der Waals surface area contributed by atoms with Crippen molar-refractivity contribution in [1.82, 2.24) is 25.3 Å². The Kier molecular flexibility index (Phi) is 5.56. The molecule has 1 atom stereocenters. The largest absolute Gasteiger partial charge is 0.361 e. The van der Waals surface area contributed by atoms with Crippen molar-refractivity contribution in [1.29, 1.82) is 0 Å². The number of aromatic amines is 1. The van der Waals surface area contributed by atoms with Crippen molar-refractivity contribution in [3.8, 4) is 0 Å². The summed E-state index contributed by atoms with van der Waals surface area (Å²) in [6.07, 6.45) is 3.46. The topological polar surface area (TPSA) is 87.1 Å². The van der Waals surface area contributed by atoms with Gasteiger partial charge in [-0.3, -0.25) is 9.69 Å². The van der Waals surface area contributed by atoms with Gasteiger partial charge in [-0.2, -0.15) is 0 Å².